The van der Waals surface area contributed by atoms with Crippen molar-refractivity contribution in [3.63, 3.8) is 0 Å². The minimum absolute atomic E-state index is 0.108. The number of hydrogen-bond acceptors (Lipinski definition) is 5. The number of esters is 1. The van der Waals surface area contributed by atoms with Crippen LogP contribution in [-0.2, 0) is 25.7 Å². The van der Waals surface area contributed by atoms with Gasteiger partial charge in [0.1, 0.15) is 12.5 Å². The van der Waals surface area contributed by atoms with Gasteiger partial charge in [0.25, 0.3) is 0 Å². The van der Waals surface area contributed by atoms with Crippen LogP contribution in [0.3, 0.4) is 0 Å². The number of benzene rings is 3. The Kier molecular flexibility index (Phi) is 12.8. The predicted octanol–water partition coefficient (Wildman–Crippen LogP) is 6.16. The van der Waals surface area contributed by atoms with E-state index in [1.54, 1.807) is 0 Å². The fourth-order valence-electron chi connectivity index (χ4n) is 4.85. The van der Waals surface area contributed by atoms with Crippen LogP contribution in [0.25, 0.3) is 11.1 Å². The van der Waals surface area contributed by atoms with E-state index in [1.165, 1.54) is 16.7 Å². The molecule has 0 aromatic heterocycles. The summed E-state index contributed by atoms with van der Waals surface area (Å²) in [5.74, 6) is -1.24. The second-order valence-corrected chi connectivity index (χ2v) is 11.5. The summed E-state index contributed by atoms with van der Waals surface area (Å²) in [6, 6.07) is 28.3. The molecule has 0 aliphatic carbocycles. The summed E-state index contributed by atoms with van der Waals surface area (Å²) in [7, 11) is 0. The first kappa shape index (κ1) is 31.8. The van der Waals surface area contributed by atoms with Crippen molar-refractivity contribution in [1.29, 1.82) is 0 Å². The minimum Gasteiger partial charge on any atom is -0.460 e. The van der Waals surface area contributed by atoms with Crippen LogP contribution in [-0.4, -0.2) is 37.3 Å². The van der Waals surface area contributed by atoms with E-state index in [-0.39, 0.29) is 37.3 Å². The predicted molar refractivity (Wildman–Crippen MR) is 164 cm³/mol. The highest BCUT2D eigenvalue weighted by atomic mass is 16.5. The number of ether oxygens (including phenoxy) is 1. The van der Waals surface area contributed by atoms with Gasteiger partial charge >= 0.3 is 5.97 Å². The fraction of sp³-hybridized carbons (Fsp3) is 0.400. The van der Waals surface area contributed by atoms with E-state index in [0.717, 1.165) is 12.0 Å². The van der Waals surface area contributed by atoms with Crippen molar-refractivity contribution in [2.45, 2.75) is 53.1 Å². The number of ketones is 1. The highest BCUT2D eigenvalue weighted by Gasteiger charge is 2.29. The topological polar surface area (TPSA) is 84.5 Å². The van der Waals surface area contributed by atoms with Gasteiger partial charge in [0.05, 0.1) is 13.1 Å². The van der Waals surface area contributed by atoms with Gasteiger partial charge in [0.15, 0.2) is 5.78 Å². The van der Waals surface area contributed by atoms with Gasteiger partial charge in [-0.2, -0.15) is 0 Å². The van der Waals surface area contributed by atoms with E-state index in [0.29, 0.717) is 18.9 Å². The molecular formula is C35H44N2O4. The van der Waals surface area contributed by atoms with E-state index >= 15 is 0 Å². The van der Waals surface area contributed by atoms with Gasteiger partial charge in [-0.05, 0) is 52.8 Å². The van der Waals surface area contributed by atoms with E-state index in [4.69, 9.17) is 4.74 Å². The molecule has 0 heterocycles. The molecule has 1 amide bonds. The molecule has 218 valence electrons. The molecule has 0 radical (unpaired) electrons. The summed E-state index contributed by atoms with van der Waals surface area (Å²) in [4.78, 5) is 38.2. The SMILES string of the molecule is CC(C)CC(CNCC(=O)CNC(=O)[C@H](CC(C)C)C(=O)OCc1ccccc1)c1ccc(-c2ccccc2)cc1. The maximum absolute atomic E-state index is 12.9. The van der Waals surface area contributed by atoms with Crippen LogP contribution in [0.5, 0.6) is 0 Å². The Hall–Kier alpha value is -3.77. The summed E-state index contributed by atoms with van der Waals surface area (Å²) in [6.45, 7) is 9.07. The van der Waals surface area contributed by atoms with Crippen molar-refractivity contribution in [2.24, 2.45) is 17.8 Å². The number of hydrogen-bond donors (Lipinski definition) is 2. The average molecular weight is 557 g/mol. The van der Waals surface area contributed by atoms with E-state index in [2.05, 4.69) is 60.9 Å². The van der Waals surface area contributed by atoms with Crippen molar-refractivity contribution in [3.05, 3.63) is 96.1 Å². The van der Waals surface area contributed by atoms with Crippen molar-refractivity contribution in [2.75, 3.05) is 19.6 Å². The first-order valence-electron chi connectivity index (χ1n) is 14.6. The molecule has 1 unspecified atom stereocenters. The number of amides is 1. The molecule has 3 aromatic carbocycles. The maximum Gasteiger partial charge on any atom is 0.318 e. The van der Waals surface area contributed by atoms with Crippen LogP contribution in [0.1, 0.15) is 57.6 Å². The van der Waals surface area contributed by atoms with Crippen molar-refractivity contribution in [3.8, 4) is 11.1 Å². The molecule has 0 aliphatic rings. The average Bonchev–Trinajstić information content (AvgIpc) is 2.97. The number of carbonyl (C=O) groups is 3. The summed E-state index contributed by atoms with van der Waals surface area (Å²) >= 11 is 0. The molecule has 0 saturated carbocycles. The highest BCUT2D eigenvalue weighted by molar-refractivity contribution is 5.99. The van der Waals surface area contributed by atoms with E-state index in [1.807, 2.05) is 62.4 Å². The summed E-state index contributed by atoms with van der Waals surface area (Å²) in [6.07, 6.45) is 1.34. The van der Waals surface area contributed by atoms with E-state index in [9.17, 15) is 14.4 Å². The molecule has 0 fully saturated rings. The first-order valence-corrected chi connectivity index (χ1v) is 14.6. The first-order chi connectivity index (χ1) is 19.7. The molecule has 41 heavy (non-hydrogen) atoms. The molecule has 0 aliphatic heterocycles. The zero-order chi connectivity index (χ0) is 29.6. The molecule has 6 nitrogen and oxygen atoms in total. The van der Waals surface area contributed by atoms with Crippen molar-refractivity contribution in [1.82, 2.24) is 10.6 Å². The number of Topliss-reactive ketones (excluding diaryl/α,β-unsaturated/α-hetero) is 1. The Balaban J connectivity index is 1.49. The molecular weight excluding hydrogens is 512 g/mol. The van der Waals surface area contributed by atoms with Gasteiger partial charge in [-0.3, -0.25) is 14.4 Å². The van der Waals surface area contributed by atoms with Gasteiger partial charge in [0, 0.05) is 6.54 Å². The lowest BCUT2D eigenvalue weighted by atomic mass is 9.89. The highest BCUT2D eigenvalue weighted by Crippen LogP contribution is 2.26. The second kappa shape index (κ2) is 16.5. The lowest BCUT2D eigenvalue weighted by Gasteiger charge is -2.21. The van der Waals surface area contributed by atoms with Crippen LogP contribution in [0.2, 0.25) is 0 Å². The summed E-state index contributed by atoms with van der Waals surface area (Å²) < 4.78 is 5.42. The zero-order valence-electron chi connectivity index (χ0n) is 24.8. The lowest BCUT2D eigenvalue weighted by molar-refractivity contribution is -0.154. The smallest absolute Gasteiger partial charge is 0.318 e. The van der Waals surface area contributed by atoms with Crippen LogP contribution in [0, 0.1) is 17.8 Å². The van der Waals surface area contributed by atoms with Gasteiger partial charge in [0.2, 0.25) is 5.91 Å². The monoisotopic (exact) mass is 556 g/mol. The molecule has 3 aromatic rings. The Labute approximate surface area is 244 Å². The molecule has 3 rings (SSSR count). The Morgan fingerprint density at radius 2 is 1.29 bits per heavy atom. The van der Waals surface area contributed by atoms with Crippen LogP contribution in [0.4, 0.5) is 0 Å². The largest absolute Gasteiger partial charge is 0.460 e. The third kappa shape index (κ3) is 11.0. The lowest BCUT2D eigenvalue weighted by Crippen LogP contribution is -2.41. The van der Waals surface area contributed by atoms with Gasteiger partial charge in [-0.25, -0.2) is 0 Å². The number of rotatable bonds is 16. The second-order valence-electron chi connectivity index (χ2n) is 11.5. The van der Waals surface area contributed by atoms with E-state index < -0.39 is 17.8 Å². The van der Waals surface area contributed by atoms with Crippen LogP contribution < -0.4 is 10.6 Å². The standard InChI is InChI=1S/C35H44N2O4/c1-25(2)19-31(30-17-15-29(16-18-30)28-13-9-6-10-14-28)21-36-22-32(38)23-37-34(39)33(20-26(3)4)35(40)41-24-27-11-7-5-8-12-27/h5-18,25-26,31,33,36H,19-24H2,1-4H3,(H,37,39)/t31?,33-/m0/s1. The molecule has 0 bridgehead atoms. The van der Waals surface area contributed by atoms with Crippen molar-refractivity contribution >= 4 is 17.7 Å². The number of nitrogens with one attached hydrogen (secondary N) is 2. The minimum atomic E-state index is -0.950. The quantitative estimate of drug-likeness (QED) is 0.163. The third-order valence-corrected chi connectivity index (χ3v) is 6.95. The third-order valence-electron chi connectivity index (χ3n) is 6.95. The van der Waals surface area contributed by atoms with Crippen molar-refractivity contribution < 1.29 is 19.1 Å². The normalized spacial score (nSPS) is 12.6. The Morgan fingerprint density at radius 1 is 0.707 bits per heavy atom. The molecule has 2 atom stereocenters. The molecule has 0 saturated heterocycles. The maximum atomic E-state index is 12.9. The Bertz CT molecular complexity index is 1220. The summed E-state index contributed by atoms with van der Waals surface area (Å²) in [5.41, 5.74) is 4.45. The molecule has 2 N–H and O–H groups in total. The van der Waals surface area contributed by atoms with Crippen LogP contribution in [0.15, 0.2) is 84.9 Å². The van der Waals surface area contributed by atoms with Gasteiger partial charge < -0.3 is 15.4 Å². The number of carbonyl (C=O) groups excluding carboxylic acids is 3. The summed E-state index contributed by atoms with van der Waals surface area (Å²) in [5, 5.41) is 5.95. The molecule has 6 heteroatoms. The zero-order valence-corrected chi connectivity index (χ0v) is 24.8. The van der Waals surface area contributed by atoms with Gasteiger partial charge in [-0.15, -0.1) is 0 Å². The van der Waals surface area contributed by atoms with Gasteiger partial charge in [-0.1, -0.05) is 113 Å². The van der Waals surface area contributed by atoms with Crippen LogP contribution >= 0.6 is 0 Å². The fourth-order valence-corrected chi connectivity index (χ4v) is 4.85. The Morgan fingerprint density at radius 3 is 1.90 bits per heavy atom. The molecule has 0 spiro atoms.